The summed E-state index contributed by atoms with van der Waals surface area (Å²) in [7, 11) is 0. The van der Waals surface area contributed by atoms with Gasteiger partial charge in [0.05, 0.1) is 16.0 Å². The second kappa shape index (κ2) is 3.96. The molecule has 2 aromatic rings. The highest BCUT2D eigenvalue weighted by molar-refractivity contribution is 7.16. The highest BCUT2D eigenvalue weighted by atomic mass is 32.1. The quantitative estimate of drug-likeness (QED) is 0.443. The maximum atomic E-state index is 10.4. The Balaban J connectivity index is 2.14. The SMILES string of the molecule is O=[N+]([O-])c1ccc(/C=N\n2cnnc2)s1. The Morgan fingerprint density at radius 3 is 2.80 bits per heavy atom. The van der Waals surface area contributed by atoms with E-state index >= 15 is 0 Å². The molecule has 15 heavy (non-hydrogen) atoms. The number of rotatable bonds is 3. The summed E-state index contributed by atoms with van der Waals surface area (Å²) in [6.45, 7) is 0. The Labute approximate surface area is 87.8 Å². The average Bonchev–Trinajstić information content (AvgIpc) is 2.86. The Morgan fingerprint density at radius 2 is 2.20 bits per heavy atom. The van der Waals surface area contributed by atoms with Crippen molar-refractivity contribution in [2.24, 2.45) is 5.10 Å². The Hall–Kier alpha value is -2.09. The second-order valence-corrected chi connectivity index (χ2v) is 3.61. The number of hydrogen-bond donors (Lipinski definition) is 0. The van der Waals surface area contributed by atoms with E-state index in [1.54, 1.807) is 6.07 Å². The van der Waals surface area contributed by atoms with Crippen LogP contribution in [0, 0.1) is 10.1 Å². The van der Waals surface area contributed by atoms with Gasteiger partial charge in [-0.2, -0.15) is 5.10 Å². The average molecular weight is 223 g/mol. The summed E-state index contributed by atoms with van der Waals surface area (Å²) in [5.74, 6) is 0. The van der Waals surface area contributed by atoms with Crippen LogP contribution in [-0.2, 0) is 0 Å². The largest absolute Gasteiger partial charge is 0.324 e. The molecule has 0 fully saturated rings. The monoisotopic (exact) mass is 223 g/mol. The van der Waals surface area contributed by atoms with E-state index in [-0.39, 0.29) is 5.00 Å². The molecule has 0 bridgehead atoms. The van der Waals surface area contributed by atoms with Gasteiger partial charge in [-0.15, -0.1) is 10.2 Å². The van der Waals surface area contributed by atoms with Gasteiger partial charge in [0.15, 0.2) is 0 Å². The fourth-order valence-electron chi connectivity index (χ4n) is 0.888. The van der Waals surface area contributed by atoms with E-state index < -0.39 is 4.92 Å². The third-order valence-electron chi connectivity index (χ3n) is 1.52. The van der Waals surface area contributed by atoms with Crippen molar-refractivity contribution in [3.63, 3.8) is 0 Å². The minimum absolute atomic E-state index is 0.0974. The Bertz CT molecular complexity index is 489. The summed E-state index contributed by atoms with van der Waals surface area (Å²) in [6, 6.07) is 3.08. The smallest absolute Gasteiger partial charge is 0.258 e. The molecule has 2 rings (SSSR count). The molecule has 0 spiro atoms. The van der Waals surface area contributed by atoms with Crippen LogP contribution in [0.5, 0.6) is 0 Å². The van der Waals surface area contributed by atoms with Gasteiger partial charge in [0.25, 0.3) is 0 Å². The van der Waals surface area contributed by atoms with E-state index in [1.807, 2.05) is 0 Å². The zero-order chi connectivity index (χ0) is 10.7. The molecule has 8 heteroatoms. The summed E-state index contributed by atoms with van der Waals surface area (Å²) in [5, 5.41) is 21.6. The van der Waals surface area contributed by atoms with Gasteiger partial charge in [-0.1, -0.05) is 11.3 Å². The third kappa shape index (κ3) is 2.23. The van der Waals surface area contributed by atoms with Crippen molar-refractivity contribution >= 4 is 22.6 Å². The molecule has 2 aromatic heterocycles. The molecule has 0 unspecified atom stereocenters. The highest BCUT2D eigenvalue weighted by Crippen LogP contribution is 2.22. The van der Waals surface area contributed by atoms with Gasteiger partial charge >= 0.3 is 5.00 Å². The Kier molecular flexibility index (Phi) is 2.50. The molecule has 0 saturated carbocycles. The van der Waals surface area contributed by atoms with E-state index in [1.165, 1.54) is 29.6 Å². The van der Waals surface area contributed by atoms with Crippen LogP contribution in [0.15, 0.2) is 29.9 Å². The van der Waals surface area contributed by atoms with Gasteiger partial charge in [0.2, 0.25) is 0 Å². The lowest BCUT2D eigenvalue weighted by atomic mass is 10.5. The van der Waals surface area contributed by atoms with Crippen LogP contribution < -0.4 is 0 Å². The molecule has 0 amide bonds. The molecule has 0 saturated heterocycles. The molecule has 76 valence electrons. The zero-order valence-corrected chi connectivity index (χ0v) is 8.16. The summed E-state index contributed by atoms with van der Waals surface area (Å²) in [6.07, 6.45) is 4.37. The molecule has 2 heterocycles. The van der Waals surface area contributed by atoms with Crippen LogP contribution in [0.4, 0.5) is 5.00 Å². The fraction of sp³-hybridized carbons (Fsp3) is 0. The molecular weight excluding hydrogens is 218 g/mol. The van der Waals surface area contributed by atoms with Gasteiger partial charge < -0.3 is 0 Å². The van der Waals surface area contributed by atoms with Gasteiger partial charge in [-0.3, -0.25) is 10.1 Å². The van der Waals surface area contributed by atoms with Gasteiger partial charge in [-0.25, -0.2) is 4.68 Å². The van der Waals surface area contributed by atoms with Crippen LogP contribution in [-0.4, -0.2) is 26.0 Å². The number of hydrogen-bond acceptors (Lipinski definition) is 6. The molecule has 7 nitrogen and oxygen atoms in total. The lowest BCUT2D eigenvalue weighted by Gasteiger charge is -1.85. The first-order valence-corrected chi connectivity index (χ1v) is 4.70. The first-order valence-electron chi connectivity index (χ1n) is 3.89. The first kappa shape index (κ1) is 9.46. The van der Waals surface area contributed by atoms with Crippen molar-refractivity contribution in [2.75, 3.05) is 0 Å². The van der Waals surface area contributed by atoms with Crippen molar-refractivity contribution in [3.05, 3.63) is 39.8 Å². The van der Waals surface area contributed by atoms with Crippen LogP contribution in [0.3, 0.4) is 0 Å². The van der Waals surface area contributed by atoms with Crippen LogP contribution in [0.1, 0.15) is 4.88 Å². The normalized spacial score (nSPS) is 10.9. The van der Waals surface area contributed by atoms with Crippen molar-refractivity contribution in [1.82, 2.24) is 14.9 Å². The van der Waals surface area contributed by atoms with Crippen LogP contribution >= 0.6 is 11.3 Å². The van der Waals surface area contributed by atoms with Crippen molar-refractivity contribution in [1.29, 1.82) is 0 Å². The predicted octanol–water partition coefficient (Wildman–Crippen LogP) is 1.13. The molecular formula is C7H5N5O2S. The van der Waals surface area contributed by atoms with Crippen molar-refractivity contribution in [3.8, 4) is 0 Å². The van der Waals surface area contributed by atoms with Gasteiger partial charge in [0.1, 0.15) is 12.7 Å². The lowest BCUT2D eigenvalue weighted by molar-refractivity contribution is -0.380. The zero-order valence-electron chi connectivity index (χ0n) is 7.35. The summed E-state index contributed by atoms with van der Waals surface area (Å²) < 4.78 is 1.41. The molecule has 0 aromatic carbocycles. The predicted molar refractivity (Wildman–Crippen MR) is 54.0 cm³/mol. The third-order valence-corrected chi connectivity index (χ3v) is 2.49. The summed E-state index contributed by atoms with van der Waals surface area (Å²) in [4.78, 5) is 10.7. The molecule has 0 aliphatic carbocycles. The van der Waals surface area contributed by atoms with Crippen molar-refractivity contribution < 1.29 is 4.92 Å². The number of nitrogens with zero attached hydrogens (tertiary/aromatic N) is 5. The Morgan fingerprint density at radius 1 is 1.47 bits per heavy atom. The highest BCUT2D eigenvalue weighted by Gasteiger charge is 2.07. The van der Waals surface area contributed by atoms with Gasteiger partial charge in [-0.05, 0) is 6.07 Å². The van der Waals surface area contributed by atoms with E-state index in [4.69, 9.17) is 0 Å². The fourth-order valence-corrected chi connectivity index (χ4v) is 1.58. The van der Waals surface area contributed by atoms with Crippen LogP contribution in [0.2, 0.25) is 0 Å². The number of thiophene rings is 1. The topological polar surface area (TPSA) is 86.2 Å². The van der Waals surface area contributed by atoms with E-state index in [0.717, 1.165) is 11.3 Å². The number of aromatic nitrogens is 3. The van der Waals surface area contributed by atoms with E-state index in [9.17, 15) is 10.1 Å². The maximum Gasteiger partial charge on any atom is 0.324 e. The van der Waals surface area contributed by atoms with E-state index in [2.05, 4.69) is 15.3 Å². The second-order valence-electron chi connectivity index (χ2n) is 2.52. The summed E-state index contributed by atoms with van der Waals surface area (Å²) in [5.41, 5.74) is 0. The number of nitro groups is 1. The molecule has 0 atom stereocenters. The first-order chi connectivity index (χ1) is 7.25. The maximum absolute atomic E-state index is 10.4. The molecule has 0 radical (unpaired) electrons. The minimum atomic E-state index is -0.430. The lowest BCUT2D eigenvalue weighted by Crippen LogP contribution is -1.84. The van der Waals surface area contributed by atoms with Crippen LogP contribution in [0.25, 0.3) is 0 Å². The van der Waals surface area contributed by atoms with E-state index in [0.29, 0.717) is 4.88 Å². The molecule has 0 aliphatic rings. The molecule has 0 aliphatic heterocycles. The minimum Gasteiger partial charge on any atom is -0.258 e. The summed E-state index contributed by atoms with van der Waals surface area (Å²) >= 11 is 1.06. The standard InChI is InChI=1S/C7H5N5O2S/c13-12(14)7-2-1-6(15-7)3-10-11-4-8-9-5-11/h1-5H/b10-3-. The van der Waals surface area contributed by atoms with Gasteiger partial charge in [0, 0.05) is 6.07 Å². The molecule has 0 N–H and O–H groups in total. The van der Waals surface area contributed by atoms with Crippen molar-refractivity contribution in [2.45, 2.75) is 0 Å².